The van der Waals surface area contributed by atoms with Gasteiger partial charge in [-0.2, -0.15) is 0 Å². The summed E-state index contributed by atoms with van der Waals surface area (Å²) in [5, 5.41) is 21.8. The van der Waals surface area contributed by atoms with Gasteiger partial charge in [-0.25, -0.2) is 9.36 Å². The lowest BCUT2D eigenvalue weighted by Gasteiger charge is -2.18. The van der Waals surface area contributed by atoms with E-state index in [0.717, 1.165) is 38.5 Å². The summed E-state index contributed by atoms with van der Waals surface area (Å²) >= 11 is 0. The van der Waals surface area contributed by atoms with Crippen LogP contribution in [0.5, 0.6) is 0 Å². The number of hydrogen-bond acceptors (Lipinski definition) is 8. The van der Waals surface area contributed by atoms with Gasteiger partial charge in [-0.05, 0) is 12.8 Å². The monoisotopic (exact) mass is 778 g/mol. The van der Waals surface area contributed by atoms with E-state index < -0.39 is 57.6 Å². The highest BCUT2D eigenvalue weighted by molar-refractivity contribution is 7.47. The lowest BCUT2D eigenvalue weighted by molar-refractivity contribution is -0.147. The Balaban J connectivity index is 3.87. The topological polar surface area (TPSA) is 169 Å². The number of esters is 1. The van der Waals surface area contributed by atoms with E-state index in [-0.39, 0.29) is 12.8 Å². The highest BCUT2D eigenvalue weighted by atomic mass is 31.2. The number of carboxylic acid groups (broad SMARTS) is 1. The molecule has 0 radical (unpaired) electrons. The number of phosphoric acid groups is 1. The number of ether oxygens (including phenoxy) is 1. The summed E-state index contributed by atoms with van der Waals surface area (Å²) in [5.74, 6) is -2.36. The number of carbonyl (C=O) groups is 3. The van der Waals surface area contributed by atoms with Crippen LogP contribution in [0.4, 0.5) is 0 Å². The van der Waals surface area contributed by atoms with Crippen molar-refractivity contribution >= 4 is 25.7 Å². The Morgan fingerprint density at radius 1 is 0.528 bits per heavy atom. The van der Waals surface area contributed by atoms with Gasteiger partial charge in [0.25, 0.3) is 0 Å². The number of aliphatic carboxylic acids is 1. The molecule has 3 unspecified atom stereocenters. The Hall–Kier alpha value is -1.52. The molecule has 12 heteroatoms. The van der Waals surface area contributed by atoms with Crippen LogP contribution >= 0.6 is 7.82 Å². The van der Waals surface area contributed by atoms with Crippen LogP contribution in [-0.2, 0) is 32.7 Å². The third-order valence-corrected chi connectivity index (χ3v) is 10.6. The van der Waals surface area contributed by atoms with Crippen LogP contribution in [0.25, 0.3) is 0 Å². The van der Waals surface area contributed by atoms with Gasteiger partial charge in [0.1, 0.15) is 12.7 Å². The van der Waals surface area contributed by atoms with Crippen LogP contribution in [0.15, 0.2) is 0 Å². The minimum atomic E-state index is -4.74. The molecule has 0 saturated carbocycles. The Morgan fingerprint density at radius 2 is 0.868 bits per heavy atom. The van der Waals surface area contributed by atoms with Crippen LogP contribution in [-0.4, -0.2) is 64.9 Å². The Bertz CT molecular complexity index is 921. The first-order chi connectivity index (χ1) is 25.6. The maximum Gasteiger partial charge on any atom is 0.472 e. The number of nitrogens with one attached hydrogen (secondary N) is 1. The number of rotatable bonds is 41. The zero-order chi connectivity index (χ0) is 39.3. The number of hydrogen-bond donors (Lipinski definition) is 4. The molecule has 0 rings (SSSR count). The van der Waals surface area contributed by atoms with Crippen molar-refractivity contribution < 1.29 is 47.8 Å². The molecule has 0 aliphatic rings. The van der Waals surface area contributed by atoms with Crippen molar-refractivity contribution in [2.75, 3.05) is 19.8 Å². The largest absolute Gasteiger partial charge is 0.480 e. The van der Waals surface area contributed by atoms with E-state index in [2.05, 4.69) is 19.2 Å². The number of carbonyl (C=O) groups excluding carboxylic acids is 2. The second-order valence-electron chi connectivity index (χ2n) is 14.9. The molecule has 3 atom stereocenters. The fourth-order valence-corrected chi connectivity index (χ4v) is 7.03. The van der Waals surface area contributed by atoms with Crippen LogP contribution in [0.2, 0.25) is 0 Å². The van der Waals surface area contributed by atoms with E-state index in [1.54, 1.807) is 0 Å². The molecule has 0 bridgehead atoms. The van der Waals surface area contributed by atoms with E-state index >= 15 is 0 Å². The summed E-state index contributed by atoms with van der Waals surface area (Å²) in [5.41, 5.74) is 0. The molecule has 4 N–H and O–H groups in total. The molecule has 314 valence electrons. The molecule has 1 amide bonds. The summed E-state index contributed by atoms with van der Waals surface area (Å²) in [6.07, 6.45) is 34.1. The van der Waals surface area contributed by atoms with Crippen LogP contribution in [0.3, 0.4) is 0 Å². The average Bonchev–Trinajstić information content (AvgIpc) is 3.13. The number of phosphoric ester groups is 1. The fourth-order valence-electron chi connectivity index (χ4n) is 6.26. The van der Waals surface area contributed by atoms with Crippen molar-refractivity contribution in [2.45, 2.75) is 225 Å². The number of amides is 1. The number of carboxylic acids is 1. The minimum Gasteiger partial charge on any atom is -0.480 e. The van der Waals surface area contributed by atoms with E-state index in [1.807, 2.05) is 0 Å². The minimum absolute atomic E-state index is 0.153. The van der Waals surface area contributed by atoms with E-state index in [4.69, 9.17) is 13.8 Å². The van der Waals surface area contributed by atoms with Crippen LogP contribution < -0.4 is 5.32 Å². The van der Waals surface area contributed by atoms with Gasteiger partial charge in [-0.3, -0.25) is 18.6 Å². The van der Waals surface area contributed by atoms with Gasteiger partial charge < -0.3 is 25.2 Å². The molecule has 11 nitrogen and oxygen atoms in total. The highest BCUT2D eigenvalue weighted by Gasteiger charge is 2.28. The van der Waals surface area contributed by atoms with E-state index in [0.29, 0.717) is 12.8 Å². The average molecular weight is 778 g/mol. The predicted octanol–water partition coefficient (Wildman–Crippen LogP) is 10.7. The maximum absolute atomic E-state index is 12.3. The number of aliphatic hydroxyl groups excluding tert-OH is 1. The molecule has 0 spiro atoms. The van der Waals surface area contributed by atoms with Gasteiger partial charge in [0, 0.05) is 12.8 Å². The zero-order valence-electron chi connectivity index (χ0n) is 33.8. The first-order valence-electron chi connectivity index (χ1n) is 21.6. The third kappa shape index (κ3) is 37.2. The second kappa shape index (κ2) is 37.4. The first kappa shape index (κ1) is 51.5. The van der Waals surface area contributed by atoms with E-state index in [9.17, 15) is 34.1 Å². The van der Waals surface area contributed by atoms with Crippen molar-refractivity contribution in [1.29, 1.82) is 0 Å². The van der Waals surface area contributed by atoms with Crippen molar-refractivity contribution in [2.24, 2.45) is 0 Å². The van der Waals surface area contributed by atoms with Crippen molar-refractivity contribution in [3.8, 4) is 0 Å². The van der Waals surface area contributed by atoms with Gasteiger partial charge in [0.2, 0.25) is 5.91 Å². The number of aliphatic hydroxyl groups is 1. The van der Waals surface area contributed by atoms with E-state index in [1.165, 1.54) is 135 Å². The molecule has 0 aliphatic heterocycles. The Morgan fingerprint density at radius 3 is 1.25 bits per heavy atom. The summed E-state index contributed by atoms with van der Waals surface area (Å²) in [4.78, 5) is 45.8. The van der Waals surface area contributed by atoms with Gasteiger partial charge in [0.15, 0.2) is 6.04 Å². The van der Waals surface area contributed by atoms with Gasteiger partial charge in [-0.1, -0.05) is 187 Å². The molecular weight excluding hydrogens is 697 g/mol. The molecule has 0 aromatic rings. The number of unbranched alkanes of at least 4 members (excludes halogenated alkanes) is 27. The van der Waals surface area contributed by atoms with Crippen LogP contribution in [0.1, 0.15) is 213 Å². The van der Waals surface area contributed by atoms with Crippen molar-refractivity contribution in [3.05, 3.63) is 0 Å². The molecule has 0 aliphatic carbocycles. The Labute approximate surface area is 323 Å². The zero-order valence-corrected chi connectivity index (χ0v) is 34.7. The maximum atomic E-state index is 12.3. The lowest BCUT2D eigenvalue weighted by Crippen LogP contribution is -2.43. The SMILES string of the molecule is CCCCCCCCCCCCCCCCCCCCC(=O)NC(COP(=O)(O)OCC(O)COC(=O)CCCCCCCCCCCCC)C(=O)O. The Kier molecular flexibility index (Phi) is 36.3. The van der Waals surface area contributed by atoms with Crippen LogP contribution in [0, 0.1) is 0 Å². The van der Waals surface area contributed by atoms with Gasteiger partial charge >= 0.3 is 19.8 Å². The smallest absolute Gasteiger partial charge is 0.472 e. The molecule has 0 fully saturated rings. The molecule has 0 heterocycles. The molecule has 0 saturated heterocycles. The summed E-state index contributed by atoms with van der Waals surface area (Å²) in [6.45, 7) is 2.60. The predicted molar refractivity (Wildman–Crippen MR) is 213 cm³/mol. The molecule has 0 aromatic carbocycles. The summed E-state index contributed by atoms with van der Waals surface area (Å²) in [6, 6.07) is -1.54. The standard InChI is InChI=1S/C41H80NO10P/c1-3-5-7-9-11-13-15-16-17-18-19-20-21-23-24-26-28-30-32-39(44)42-38(41(46)47)36-52-53(48,49)51-35-37(43)34-50-40(45)33-31-29-27-25-22-14-12-10-8-6-4-2/h37-38,43H,3-36H2,1-2H3,(H,42,44)(H,46,47)(H,48,49). The second-order valence-corrected chi connectivity index (χ2v) is 16.4. The fraction of sp³-hybridized carbons (Fsp3) is 0.927. The molecule has 53 heavy (non-hydrogen) atoms. The summed E-state index contributed by atoms with van der Waals surface area (Å²) in [7, 11) is -4.74. The third-order valence-electron chi connectivity index (χ3n) is 9.65. The normalized spacial score (nSPS) is 13.7. The lowest BCUT2D eigenvalue weighted by atomic mass is 10.0. The highest BCUT2D eigenvalue weighted by Crippen LogP contribution is 2.43. The first-order valence-corrected chi connectivity index (χ1v) is 23.1. The van der Waals surface area contributed by atoms with Gasteiger partial charge in [0.05, 0.1) is 13.2 Å². The molecular formula is C41H80NO10P. The summed E-state index contributed by atoms with van der Waals surface area (Å²) < 4.78 is 26.8. The van der Waals surface area contributed by atoms with Gasteiger partial charge in [-0.15, -0.1) is 0 Å². The van der Waals surface area contributed by atoms with Crippen molar-refractivity contribution in [1.82, 2.24) is 5.32 Å². The molecule has 0 aromatic heterocycles. The quantitative estimate of drug-likeness (QED) is 0.0266. The van der Waals surface area contributed by atoms with Crippen molar-refractivity contribution in [3.63, 3.8) is 0 Å².